The zero-order chi connectivity index (χ0) is 21.4. The Balaban J connectivity index is 1.98. The van der Waals surface area contributed by atoms with Gasteiger partial charge >= 0.3 is 187 Å². The first kappa shape index (κ1) is 23.3. The van der Waals surface area contributed by atoms with Gasteiger partial charge in [-0.05, 0) is 0 Å². The van der Waals surface area contributed by atoms with Gasteiger partial charge in [-0.2, -0.15) is 0 Å². The van der Waals surface area contributed by atoms with Crippen LogP contribution in [0.5, 0.6) is 0 Å². The third kappa shape index (κ3) is 5.47. The Labute approximate surface area is 186 Å². The maximum atomic E-state index is 9.29. The van der Waals surface area contributed by atoms with Gasteiger partial charge in [-0.3, -0.25) is 0 Å². The standard InChI is InChI=1S/C14H11N2O.3C4H9.Sn/c17-10-11-4-6-12(7-5-11)13-9-16-8-2-1-3-14(16)15-13;3*1-3-4-2;/h1,3-9,17H,10H2;3*1,3-4H2,2H3;. The number of hydrogen-bond donors (Lipinski definition) is 1. The molecule has 3 rings (SSSR count). The fraction of sp³-hybridized carbons (Fsp3) is 0.500. The number of pyridine rings is 1. The molecule has 3 aromatic rings. The number of hydrogen-bond acceptors (Lipinski definition) is 2. The van der Waals surface area contributed by atoms with Gasteiger partial charge in [0.05, 0.1) is 0 Å². The van der Waals surface area contributed by atoms with Gasteiger partial charge < -0.3 is 0 Å². The molecular formula is C26H38N2OSn. The summed E-state index contributed by atoms with van der Waals surface area (Å²) in [5, 5.41) is 9.29. The van der Waals surface area contributed by atoms with Gasteiger partial charge in [0, 0.05) is 0 Å². The number of benzene rings is 1. The number of fused-ring (bicyclic) bond motifs is 1. The first-order valence-electron chi connectivity index (χ1n) is 11.8. The second-order valence-electron chi connectivity index (χ2n) is 8.76. The first-order chi connectivity index (χ1) is 14.7. The normalized spacial score (nSPS) is 12.0. The molecule has 0 aliphatic carbocycles. The summed E-state index contributed by atoms with van der Waals surface area (Å²) in [6.07, 6.45) is 12.7. The van der Waals surface area contributed by atoms with Crippen LogP contribution in [0.1, 0.15) is 64.9 Å². The van der Waals surface area contributed by atoms with E-state index >= 15 is 0 Å². The molecule has 3 nitrogen and oxygen atoms in total. The van der Waals surface area contributed by atoms with Crippen molar-refractivity contribution in [3.8, 4) is 11.3 Å². The van der Waals surface area contributed by atoms with Crippen molar-refractivity contribution in [3.05, 3.63) is 54.4 Å². The van der Waals surface area contributed by atoms with Crippen molar-refractivity contribution in [2.75, 3.05) is 0 Å². The summed E-state index contributed by atoms with van der Waals surface area (Å²) in [5.74, 6) is 0. The van der Waals surface area contributed by atoms with Crippen LogP contribution >= 0.6 is 0 Å². The Morgan fingerprint density at radius 3 is 1.93 bits per heavy atom. The molecule has 0 fully saturated rings. The van der Waals surface area contributed by atoms with Crippen LogP contribution in [-0.4, -0.2) is 32.9 Å². The molecule has 0 aliphatic heterocycles. The zero-order valence-corrected chi connectivity index (χ0v) is 21.9. The van der Waals surface area contributed by atoms with Gasteiger partial charge in [-0.15, -0.1) is 0 Å². The van der Waals surface area contributed by atoms with E-state index in [-0.39, 0.29) is 6.61 Å². The molecule has 0 amide bonds. The predicted octanol–water partition coefficient (Wildman–Crippen LogP) is 6.55. The molecule has 162 valence electrons. The van der Waals surface area contributed by atoms with Crippen LogP contribution in [0.15, 0.2) is 48.8 Å². The second kappa shape index (κ2) is 11.3. The Hall–Kier alpha value is -1.33. The summed E-state index contributed by atoms with van der Waals surface area (Å²) in [6.45, 7) is 7.09. The molecule has 1 aromatic carbocycles. The van der Waals surface area contributed by atoms with E-state index in [0.717, 1.165) is 22.5 Å². The molecule has 0 saturated carbocycles. The summed E-state index contributed by atoms with van der Waals surface area (Å²) in [7, 11) is 0. The summed E-state index contributed by atoms with van der Waals surface area (Å²) in [4.78, 5) is 4.87. The zero-order valence-electron chi connectivity index (χ0n) is 19.0. The minimum absolute atomic E-state index is 0.0805. The number of nitrogens with zero attached hydrogens (tertiary/aromatic N) is 2. The third-order valence-electron chi connectivity index (χ3n) is 6.52. The molecule has 0 unspecified atom stereocenters. The molecule has 0 spiro atoms. The molecule has 0 radical (unpaired) electrons. The van der Waals surface area contributed by atoms with Gasteiger partial charge in [0.1, 0.15) is 0 Å². The monoisotopic (exact) mass is 514 g/mol. The quantitative estimate of drug-likeness (QED) is 0.279. The minimum atomic E-state index is -2.43. The second-order valence-corrected chi connectivity index (χ2v) is 22.0. The van der Waals surface area contributed by atoms with Gasteiger partial charge in [0.15, 0.2) is 0 Å². The topological polar surface area (TPSA) is 37.5 Å². The van der Waals surface area contributed by atoms with Crippen molar-refractivity contribution < 1.29 is 5.11 Å². The van der Waals surface area contributed by atoms with Gasteiger partial charge in [-0.25, -0.2) is 0 Å². The molecule has 2 heterocycles. The fourth-order valence-electron chi connectivity index (χ4n) is 4.58. The number of aliphatic hydroxyl groups is 1. The van der Waals surface area contributed by atoms with E-state index < -0.39 is 18.4 Å². The van der Waals surface area contributed by atoms with Crippen LogP contribution in [0.3, 0.4) is 0 Å². The van der Waals surface area contributed by atoms with Crippen LogP contribution in [-0.2, 0) is 6.61 Å². The van der Waals surface area contributed by atoms with Crippen molar-refractivity contribution in [2.24, 2.45) is 0 Å². The molecule has 4 heteroatoms. The van der Waals surface area contributed by atoms with Crippen LogP contribution in [0, 0.1) is 0 Å². The van der Waals surface area contributed by atoms with E-state index in [4.69, 9.17) is 4.98 Å². The Morgan fingerprint density at radius 1 is 0.800 bits per heavy atom. The first-order valence-corrected chi connectivity index (χ1v) is 19.3. The Kier molecular flexibility index (Phi) is 8.82. The van der Waals surface area contributed by atoms with E-state index in [9.17, 15) is 5.11 Å². The molecule has 0 saturated heterocycles. The van der Waals surface area contributed by atoms with Crippen molar-refractivity contribution in [1.82, 2.24) is 9.38 Å². The van der Waals surface area contributed by atoms with Gasteiger partial charge in [-0.1, -0.05) is 0 Å². The predicted molar refractivity (Wildman–Crippen MR) is 131 cm³/mol. The fourth-order valence-corrected chi connectivity index (χ4v) is 20.4. The summed E-state index contributed by atoms with van der Waals surface area (Å²) < 4.78 is 8.41. The average Bonchev–Trinajstić information content (AvgIpc) is 3.22. The van der Waals surface area contributed by atoms with Crippen LogP contribution < -0.4 is 3.58 Å². The van der Waals surface area contributed by atoms with E-state index in [2.05, 4.69) is 61.8 Å². The summed E-state index contributed by atoms with van der Waals surface area (Å²) >= 11 is -2.43. The SMILES string of the molecule is CCC[CH2][Sn]([CH2]CCC)([CH2]CCC)[c]1ccc2nc(-c3ccc(CO)cc3)cn2c1. The van der Waals surface area contributed by atoms with Crippen molar-refractivity contribution in [1.29, 1.82) is 0 Å². The van der Waals surface area contributed by atoms with E-state index in [1.54, 1.807) is 3.58 Å². The number of rotatable bonds is 12. The number of unbranched alkanes of at least 4 members (excludes halogenated alkanes) is 3. The Morgan fingerprint density at radius 2 is 1.40 bits per heavy atom. The average molecular weight is 513 g/mol. The third-order valence-corrected chi connectivity index (χ3v) is 22.1. The van der Waals surface area contributed by atoms with E-state index in [1.165, 1.54) is 51.8 Å². The van der Waals surface area contributed by atoms with E-state index in [1.807, 2.05) is 12.1 Å². The number of aliphatic hydroxyl groups excluding tert-OH is 1. The van der Waals surface area contributed by atoms with Gasteiger partial charge in [0.25, 0.3) is 0 Å². The number of imidazole rings is 1. The molecule has 0 atom stereocenters. The maximum absolute atomic E-state index is 9.29. The van der Waals surface area contributed by atoms with Crippen LogP contribution in [0.25, 0.3) is 16.9 Å². The molecule has 0 bridgehead atoms. The van der Waals surface area contributed by atoms with Crippen molar-refractivity contribution in [2.45, 2.75) is 79.2 Å². The molecule has 0 aliphatic rings. The van der Waals surface area contributed by atoms with Crippen LogP contribution in [0.4, 0.5) is 0 Å². The number of aromatic nitrogens is 2. The van der Waals surface area contributed by atoms with Gasteiger partial charge in [0.2, 0.25) is 0 Å². The Bertz CT molecular complexity index is 895. The van der Waals surface area contributed by atoms with E-state index in [0.29, 0.717) is 0 Å². The molecule has 2 aromatic heterocycles. The summed E-state index contributed by atoms with van der Waals surface area (Å²) in [5.41, 5.74) is 4.08. The molecule has 1 N–H and O–H groups in total. The van der Waals surface area contributed by atoms with Crippen molar-refractivity contribution in [3.63, 3.8) is 0 Å². The van der Waals surface area contributed by atoms with Crippen LogP contribution in [0.2, 0.25) is 13.3 Å². The molecular weight excluding hydrogens is 475 g/mol. The summed E-state index contributed by atoms with van der Waals surface area (Å²) in [6, 6.07) is 12.7. The van der Waals surface area contributed by atoms with Crippen molar-refractivity contribution >= 4 is 27.6 Å². The molecule has 30 heavy (non-hydrogen) atoms.